The first kappa shape index (κ1) is 21.8. The van der Waals surface area contributed by atoms with Crippen LogP contribution >= 0.6 is 15.9 Å². The lowest BCUT2D eigenvalue weighted by molar-refractivity contribution is -0.119. The van der Waals surface area contributed by atoms with Crippen LogP contribution in [0.5, 0.6) is 11.5 Å². The number of rotatable bonds is 8. The van der Waals surface area contributed by atoms with Crippen molar-refractivity contribution in [2.75, 3.05) is 25.6 Å². The van der Waals surface area contributed by atoms with Gasteiger partial charge >= 0.3 is 5.97 Å². The molecule has 0 fully saturated rings. The predicted octanol–water partition coefficient (Wildman–Crippen LogP) is 4.66. The molecular formula is C21H24BrNO5. The van der Waals surface area contributed by atoms with Crippen molar-refractivity contribution in [3.63, 3.8) is 0 Å². The summed E-state index contributed by atoms with van der Waals surface area (Å²) < 4.78 is 16.7. The van der Waals surface area contributed by atoms with E-state index in [-0.39, 0.29) is 12.2 Å². The molecule has 0 aliphatic rings. The first-order valence-electron chi connectivity index (χ1n) is 8.90. The number of carbonyl (C=O) groups is 2. The second-order valence-electron chi connectivity index (χ2n) is 6.21. The largest absolute Gasteiger partial charge is 0.493 e. The molecule has 6 nitrogen and oxygen atoms in total. The van der Waals surface area contributed by atoms with E-state index in [1.165, 1.54) is 13.2 Å². The minimum atomic E-state index is -0.628. The fourth-order valence-corrected chi connectivity index (χ4v) is 3.03. The Morgan fingerprint density at radius 3 is 2.61 bits per heavy atom. The monoisotopic (exact) mass is 449 g/mol. The number of hydrogen-bond acceptors (Lipinski definition) is 5. The number of aryl methyl sites for hydroxylation is 1. The van der Waals surface area contributed by atoms with Gasteiger partial charge in [0.15, 0.2) is 18.1 Å². The van der Waals surface area contributed by atoms with Crippen LogP contribution in [0.25, 0.3) is 0 Å². The molecule has 0 saturated heterocycles. The number of carbonyl (C=O) groups excluding carboxylic acids is 2. The van der Waals surface area contributed by atoms with Crippen molar-refractivity contribution >= 4 is 33.5 Å². The Morgan fingerprint density at radius 2 is 1.93 bits per heavy atom. The highest BCUT2D eigenvalue weighted by molar-refractivity contribution is 9.10. The molecule has 1 N–H and O–H groups in total. The van der Waals surface area contributed by atoms with E-state index in [0.717, 1.165) is 17.5 Å². The molecule has 2 aromatic rings. The molecule has 0 aliphatic heterocycles. The van der Waals surface area contributed by atoms with E-state index < -0.39 is 11.9 Å². The van der Waals surface area contributed by atoms with E-state index in [2.05, 4.69) is 21.2 Å². The molecule has 0 aliphatic carbocycles. The molecule has 0 heterocycles. The number of nitrogens with one attached hydrogen (secondary N) is 1. The molecule has 0 aromatic heterocycles. The molecule has 1 amide bonds. The summed E-state index contributed by atoms with van der Waals surface area (Å²) in [6.45, 7) is 6.01. The number of benzene rings is 2. The van der Waals surface area contributed by atoms with Crippen LogP contribution < -0.4 is 14.8 Å². The van der Waals surface area contributed by atoms with Gasteiger partial charge in [-0.15, -0.1) is 0 Å². The highest BCUT2D eigenvalue weighted by atomic mass is 79.9. The van der Waals surface area contributed by atoms with Crippen molar-refractivity contribution in [3.05, 3.63) is 51.5 Å². The molecule has 2 aromatic carbocycles. The summed E-state index contributed by atoms with van der Waals surface area (Å²) in [5.41, 5.74) is 2.99. The van der Waals surface area contributed by atoms with Crippen molar-refractivity contribution < 1.29 is 23.8 Å². The highest BCUT2D eigenvalue weighted by Crippen LogP contribution is 2.37. The molecule has 150 valence electrons. The second kappa shape index (κ2) is 10.1. The van der Waals surface area contributed by atoms with E-state index in [0.29, 0.717) is 28.3 Å². The Labute approximate surface area is 173 Å². The average molecular weight is 450 g/mol. The zero-order valence-electron chi connectivity index (χ0n) is 16.4. The third kappa shape index (κ3) is 5.48. The van der Waals surface area contributed by atoms with Crippen LogP contribution in [0.1, 0.15) is 34.8 Å². The third-order valence-electron chi connectivity index (χ3n) is 4.13. The van der Waals surface area contributed by atoms with E-state index in [9.17, 15) is 9.59 Å². The first-order chi connectivity index (χ1) is 13.4. The lowest BCUT2D eigenvalue weighted by Crippen LogP contribution is -2.21. The zero-order valence-corrected chi connectivity index (χ0v) is 18.0. The van der Waals surface area contributed by atoms with Gasteiger partial charge in [0.05, 0.1) is 23.8 Å². The molecule has 0 atom stereocenters. The summed E-state index contributed by atoms with van der Waals surface area (Å²) in [7, 11) is 1.49. The Hall–Kier alpha value is -2.54. The molecule has 28 heavy (non-hydrogen) atoms. The number of methoxy groups -OCH3 is 1. The lowest BCUT2D eigenvalue weighted by Gasteiger charge is -2.14. The van der Waals surface area contributed by atoms with Crippen LogP contribution in [0, 0.1) is 13.8 Å². The smallest absolute Gasteiger partial charge is 0.338 e. The van der Waals surface area contributed by atoms with Crippen LogP contribution in [0.2, 0.25) is 0 Å². The zero-order chi connectivity index (χ0) is 20.7. The minimum Gasteiger partial charge on any atom is -0.493 e. The number of hydrogen-bond donors (Lipinski definition) is 1. The molecule has 0 saturated carbocycles. The van der Waals surface area contributed by atoms with Gasteiger partial charge in [-0.2, -0.15) is 0 Å². The molecule has 0 radical (unpaired) electrons. The maximum Gasteiger partial charge on any atom is 0.338 e. The Bertz CT molecular complexity index is 866. The van der Waals surface area contributed by atoms with E-state index >= 15 is 0 Å². The van der Waals surface area contributed by atoms with Gasteiger partial charge in [-0.25, -0.2) is 4.79 Å². The van der Waals surface area contributed by atoms with Crippen LogP contribution in [-0.4, -0.2) is 32.2 Å². The summed E-state index contributed by atoms with van der Waals surface area (Å²) in [5.74, 6) is -0.101. The van der Waals surface area contributed by atoms with E-state index in [1.807, 2.05) is 32.9 Å². The molecule has 7 heteroatoms. The molecule has 2 rings (SSSR count). The fourth-order valence-electron chi connectivity index (χ4n) is 2.47. The number of anilines is 1. The lowest BCUT2D eigenvalue weighted by atomic mass is 10.1. The van der Waals surface area contributed by atoms with Crippen molar-refractivity contribution in [1.82, 2.24) is 0 Å². The van der Waals surface area contributed by atoms with Crippen molar-refractivity contribution in [2.24, 2.45) is 0 Å². The van der Waals surface area contributed by atoms with Gasteiger partial charge in [-0.3, -0.25) is 4.79 Å². The van der Waals surface area contributed by atoms with Gasteiger partial charge in [-0.05, 0) is 65.5 Å². The number of ether oxygens (including phenoxy) is 3. The summed E-state index contributed by atoms with van der Waals surface area (Å²) in [6.07, 6.45) is 0.842. The Kier molecular flexibility index (Phi) is 7.87. The maximum absolute atomic E-state index is 12.3. The SMILES string of the molecule is CCCOc1c(Br)cc(C(=O)OCC(=O)Nc2cccc(C)c2C)cc1OC. The number of amides is 1. The normalized spacial score (nSPS) is 10.3. The van der Waals surface area contributed by atoms with Crippen molar-refractivity contribution in [2.45, 2.75) is 27.2 Å². The van der Waals surface area contributed by atoms with Crippen LogP contribution in [-0.2, 0) is 9.53 Å². The van der Waals surface area contributed by atoms with Gasteiger partial charge in [0.2, 0.25) is 0 Å². The predicted molar refractivity (Wildman–Crippen MR) is 111 cm³/mol. The van der Waals surface area contributed by atoms with Crippen LogP contribution in [0.15, 0.2) is 34.8 Å². The Morgan fingerprint density at radius 1 is 1.18 bits per heavy atom. The van der Waals surface area contributed by atoms with Crippen molar-refractivity contribution in [3.8, 4) is 11.5 Å². The highest BCUT2D eigenvalue weighted by Gasteiger charge is 2.17. The first-order valence-corrected chi connectivity index (χ1v) is 9.70. The molecule has 0 unspecified atom stereocenters. The Balaban J connectivity index is 2.03. The summed E-state index contributed by atoms with van der Waals surface area (Å²) in [4.78, 5) is 24.5. The maximum atomic E-state index is 12.3. The summed E-state index contributed by atoms with van der Waals surface area (Å²) in [5, 5.41) is 2.75. The topological polar surface area (TPSA) is 73.9 Å². The number of halogens is 1. The van der Waals surface area contributed by atoms with Gasteiger partial charge in [-0.1, -0.05) is 19.1 Å². The standard InChI is InChI=1S/C21H24BrNO5/c1-5-9-27-20-16(22)10-15(11-18(20)26-4)21(25)28-12-19(24)23-17-8-6-7-13(2)14(17)3/h6-8,10-11H,5,9,12H2,1-4H3,(H,23,24). The van der Waals surface area contributed by atoms with Crippen LogP contribution in [0.4, 0.5) is 5.69 Å². The molecule has 0 spiro atoms. The van der Waals surface area contributed by atoms with Crippen LogP contribution in [0.3, 0.4) is 0 Å². The molecule has 0 bridgehead atoms. The van der Waals surface area contributed by atoms with E-state index in [4.69, 9.17) is 14.2 Å². The van der Waals surface area contributed by atoms with Crippen molar-refractivity contribution in [1.29, 1.82) is 0 Å². The second-order valence-corrected chi connectivity index (χ2v) is 7.06. The average Bonchev–Trinajstić information content (AvgIpc) is 2.68. The van der Waals surface area contributed by atoms with Gasteiger partial charge < -0.3 is 19.5 Å². The van der Waals surface area contributed by atoms with E-state index in [1.54, 1.807) is 12.1 Å². The molecular weight excluding hydrogens is 426 g/mol. The quantitative estimate of drug-likeness (QED) is 0.593. The third-order valence-corrected chi connectivity index (χ3v) is 4.72. The summed E-state index contributed by atoms with van der Waals surface area (Å²) >= 11 is 3.38. The fraction of sp³-hybridized carbons (Fsp3) is 0.333. The van der Waals surface area contributed by atoms with Gasteiger partial charge in [0.1, 0.15) is 0 Å². The minimum absolute atomic E-state index is 0.257. The van der Waals surface area contributed by atoms with Gasteiger partial charge in [0.25, 0.3) is 5.91 Å². The number of esters is 1. The summed E-state index contributed by atoms with van der Waals surface area (Å²) in [6, 6.07) is 8.73. The van der Waals surface area contributed by atoms with Gasteiger partial charge in [0, 0.05) is 5.69 Å².